The second-order valence-corrected chi connectivity index (χ2v) is 18.2. The summed E-state index contributed by atoms with van der Waals surface area (Å²) in [6.07, 6.45) is 3.36. The van der Waals surface area contributed by atoms with Crippen LogP contribution in [0.5, 0.6) is 0 Å². The second kappa shape index (κ2) is 16.3. The molecule has 4 N–H and O–H groups in total. The molecule has 0 radical (unpaired) electrons. The molecule has 0 saturated carbocycles. The quantitative estimate of drug-likeness (QED) is 0.216. The van der Waals surface area contributed by atoms with Crippen LogP contribution in [0.15, 0.2) is 30.3 Å². The number of hydrogen-bond donors (Lipinski definition) is 4. The van der Waals surface area contributed by atoms with Crippen molar-refractivity contribution >= 4 is 5.91 Å². The molecule has 5 saturated heterocycles. The van der Waals surface area contributed by atoms with E-state index >= 15 is 0 Å². The van der Waals surface area contributed by atoms with Gasteiger partial charge in [-0.2, -0.15) is 0 Å². The van der Waals surface area contributed by atoms with Crippen LogP contribution >= 0.6 is 0 Å². The van der Waals surface area contributed by atoms with Crippen LogP contribution in [0.3, 0.4) is 0 Å². The molecule has 306 valence electrons. The third-order valence-electron chi connectivity index (χ3n) is 14.4. The van der Waals surface area contributed by atoms with Gasteiger partial charge in [-0.25, -0.2) is 0 Å². The number of aliphatic hydroxyl groups is 3. The summed E-state index contributed by atoms with van der Waals surface area (Å²) in [6.45, 7) is 16.5. The summed E-state index contributed by atoms with van der Waals surface area (Å²) in [6, 6.07) is 9.84. The van der Waals surface area contributed by atoms with Crippen molar-refractivity contribution in [2.75, 3.05) is 13.7 Å². The molecular weight excluding hydrogens is 690 g/mol. The molecule has 11 heteroatoms. The monoisotopic (exact) mass is 759 g/mol. The molecule has 54 heavy (non-hydrogen) atoms. The standard InChI is InChI=1S/C43H69NO10/c1-10-41(38-26(3)21-33(50-38)35-25(2)20-27(4)43(48,24-45)53-35)17-16-34(51-41)40(8)18-19-42(54-40)22-32(46)28(5)37(52-42)29(6)36(49-9)30(7)39(47)44-23-31-14-12-11-13-15-31/h11-15,25-30,32-38,45-46,48H,10,16-24H2,1-9H3,(H,44,47). The molecule has 5 heterocycles. The summed E-state index contributed by atoms with van der Waals surface area (Å²) in [5, 5.41) is 35.6. The lowest BCUT2D eigenvalue weighted by Gasteiger charge is -2.49. The van der Waals surface area contributed by atoms with Crippen LogP contribution in [0, 0.1) is 35.5 Å². The molecule has 1 aromatic rings. The second-order valence-electron chi connectivity index (χ2n) is 18.2. The van der Waals surface area contributed by atoms with Gasteiger partial charge < -0.3 is 49.1 Å². The van der Waals surface area contributed by atoms with Gasteiger partial charge in [-0.3, -0.25) is 4.79 Å². The number of carbonyl (C=O) groups is 1. The first-order valence-corrected chi connectivity index (χ1v) is 20.8. The van der Waals surface area contributed by atoms with Gasteiger partial charge in [0.15, 0.2) is 11.6 Å². The number of nitrogens with one attached hydrogen (secondary N) is 1. The van der Waals surface area contributed by atoms with E-state index in [-0.39, 0.29) is 59.9 Å². The first-order valence-electron chi connectivity index (χ1n) is 20.8. The maximum atomic E-state index is 13.3. The highest BCUT2D eigenvalue weighted by Gasteiger charge is 2.62. The molecule has 5 aliphatic heterocycles. The number of hydrogen-bond acceptors (Lipinski definition) is 10. The average molecular weight is 760 g/mol. The van der Waals surface area contributed by atoms with Gasteiger partial charge in [-0.05, 0) is 62.8 Å². The first-order chi connectivity index (χ1) is 25.5. The van der Waals surface area contributed by atoms with Crippen LogP contribution in [0.2, 0.25) is 0 Å². The predicted octanol–water partition coefficient (Wildman–Crippen LogP) is 5.50. The van der Waals surface area contributed by atoms with Gasteiger partial charge in [-0.1, -0.05) is 78.8 Å². The maximum absolute atomic E-state index is 13.3. The van der Waals surface area contributed by atoms with Gasteiger partial charge in [0.05, 0.1) is 66.5 Å². The number of aliphatic hydroxyl groups excluding tert-OH is 2. The van der Waals surface area contributed by atoms with Crippen LogP contribution in [-0.2, 0) is 39.8 Å². The molecule has 0 aromatic heterocycles. The summed E-state index contributed by atoms with van der Waals surface area (Å²) in [5.74, 6) is -3.24. The molecule has 1 aromatic carbocycles. The smallest absolute Gasteiger partial charge is 0.225 e. The molecular formula is C43H69NO10. The van der Waals surface area contributed by atoms with Gasteiger partial charge in [0.1, 0.15) is 0 Å². The normalized spacial score (nSPS) is 45.7. The first kappa shape index (κ1) is 41.9. The molecule has 17 unspecified atom stereocenters. The number of ether oxygens (including phenoxy) is 6. The van der Waals surface area contributed by atoms with Crippen molar-refractivity contribution in [2.45, 2.75) is 179 Å². The molecule has 11 nitrogen and oxygen atoms in total. The molecule has 5 fully saturated rings. The van der Waals surface area contributed by atoms with Crippen molar-refractivity contribution in [3.63, 3.8) is 0 Å². The van der Waals surface area contributed by atoms with E-state index in [4.69, 9.17) is 28.4 Å². The lowest BCUT2D eigenvalue weighted by molar-refractivity contribution is -0.336. The third kappa shape index (κ3) is 7.92. The van der Waals surface area contributed by atoms with Crippen molar-refractivity contribution in [2.24, 2.45) is 35.5 Å². The molecule has 6 rings (SSSR count). The zero-order chi connectivity index (χ0) is 39.2. The predicted molar refractivity (Wildman–Crippen MR) is 203 cm³/mol. The van der Waals surface area contributed by atoms with Crippen molar-refractivity contribution in [3.8, 4) is 0 Å². The van der Waals surface area contributed by atoms with E-state index in [9.17, 15) is 20.1 Å². The van der Waals surface area contributed by atoms with E-state index < -0.39 is 53.6 Å². The van der Waals surface area contributed by atoms with Gasteiger partial charge >= 0.3 is 0 Å². The van der Waals surface area contributed by atoms with Crippen molar-refractivity contribution in [1.29, 1.82) is 0 Å². The fourth-order valence-corrected chi connectivity index (χ4v) is 10.9. The van der Waals surface area contributed by atoms with E-state index in [0.717, 1.165) is 44.1 Å². The Hall–Kier alpha value is -1.67. The van der Waals surface area contributed by atoms with Crippen molar-refractivity contribution < 1.29 is 48.5 Å². The minimum atomic E-state index is -1.56. The fourth-order valence-electron chi connectivity index (χ4n) is 10.9. The van der Waals surface area contributed by atoms with E-state index in [0.29, 0.717) is 19.4 Å². The molecule has 1 amide bonds. The minimum Gasteiger partial charge on any atom is -0.393 e. The van der Waals surface area contributed by atoms with E-state index in [1.165, 1.54) is 0 Å². The summed E-state index contributed by atoms with van der Waals surface area (Å²) in [5.41, 5.74) is -0.101. The van der Waals surface area contributed by atoms with E-state index in [1.54, 1.807) is 7.11 Å². The van der Waals surface area contributed by atoms with Gasteiger partial charge in [0, 0.05) is 44.2 Å². The molecule has 17 atom stereocenters. The molecule has 0 aliphatic carbocycles. The average Bonchev–Trinajstić information content (AvgIpc) is 3.87. The number of methoxy groups -OCH3 is 1. The van der Waals surface area contributed by atoms with Gasteiger partial charge in [0.25, 0.3) is 0 Å². The Kier molecular flexibility index (Phi) is 12.7. The zero-order valence-electron chi connectivity index (χ0n) is 34.2. The largest absolute Gasteiger partial charge is 0.393 e. The molecule has 5 aliphatic rings. The Morgan fingerprint density at radius 1 is 1.02 bits per heavy atom. The maximum Gasteiger partial charge on any atom is 0.225 e. The lowest BCUT2D eigenvalue weighted by atomic mass is 9.78. The Bertz CT molecular complexity index is 1420. The van der Waals surface area contributed by atoms with Gasteiger partial charge in [0.2, 0.25) is 5.91 Å². The van der Waals surface area contributed by atoms with Crippen LogP contribution in [0.25, 0.3) is 0 Å². The number of amides is 1. The molecule has 1 spiro atoms. The van der Waals surface area contributed by atoms with E-state index in [2.05, 4.69) is 33.0 Å². The Morgan fingerprint density at radius 3 is 2.41 bits per heavy atom. The van der Waals surface area contributed by atoms with Crippen LogP contribution in [0.4, 0.5) is 0 Å². The van der Waals surface area contributed by atoms with Crippen LogP contribution in [0.1, 0.15) is 112 Å². The van der Waals surface area contributed by atoms with Crippen LogP contribution in [-0.4, -0.2) is 100 Å². The number of rotatable bonds is 12. The topological polar surface area (TPSA) is 145 Å². The highest BCUT2D eigenvalue weighted by Crippen LogP contribution is 2.55. The Balaban J connectivity index is 1.11. The fraction of sp³-hybridized carbons (Fsp3) is 0.837. The van der Waals surface area contributed by atoms with Crippen molar-refractivity contribution in [3.05, 3.63) is 35.9 Å². The van der Waals surface area contributed by atoms with Crippen LogP contribution < -0.4 is 5.32 Å². The summed E-state index contributed by atoms with van der Waals surface area (Å²) in [7, 11) is 1.64. The summed E-state index contributed by atoms with van der Waals surface area (Å²) in [4.78, 5) is 13.3. The molecule has 0 bridgehead atoms. The highest BCUT2D eigenvalue weighted by molar-refractivity contribution is 5.78. The highest BCUT2D eigenvalue weighted by atomic mass is 16.7. The Morgan fingerprint density at radius 2 is 1.74 bits per heavy atom. The van der Waals surface area contributed by atoms with Crippen molar-refractivity contribution in [1.82, 2.24) is 5.32 Å². The number of carbonyl (C=O) groups excluding carboxylic acids is 1. The number of benzene rings is 1. The summed E-state index contributed by atoms with van der Waals surface area (Å²) < 4.78 is 40.2. The van der Waals surface area contributed by atoms with E-state index in [1.807, 2.05) is 58.0 Å². The van der Waals surface area contributed by atoms with Gasteiger partial charge in [-0.15, -0.1) is 0 Å². The zero-order valence-corrected chi connectivity index (χ0v) is 34.2. The summed E-state index contributed by atoms with van der Waals surface area (Å²) >= 11 is 0. The Labute approximate surface area is 323 Å². The SMILES string of the molecule is CCC1(C2OC(C3OC(O)(CO)C(C)CC3C)CC2C)CCC(C2(C)CCC3(CC(O)C(C)C(C(C)C(OC)C(C)C(=O)NCc4ccccc4)O3)O2)O1. The minimum absolute atomic E-state index is 0.0901. The third-order valence-corrected chi connectivity index (χ3v) is 14.4. The lowest BCUT2D eigenvalue weighted by Crippen LogP contribution is -2.57.